The fraction of sp³-hybridized carbons (Fsp3) is 0.280. The van der Waals surface area contributed by atoms with Crippen molar-refractivity contribution >= 4 is 16.4 Å². The summed E-state index contributed by atoms with van der Waals surface area (Å²) in [5, 5.41) is 2.70. The molecule has 0 bridgehead atoms. The first-order valence-corrected chi connectivity index (χ1v) is 10.8. The molecule has 3 heterocycles. The van der Waals surface area contributed by atoms with Crippen molar-refractivity contribution < 1.29 is 9.80 Å². The maximum absolute atomic E-state index is 12.5. The van der Waals surface area contributed by atoms with Crippen molar-refractivity contribution in [3.05, 3.63) is 94.0 Å². The summed E-state index contributed by atoms with van der Waals surface area (Å²) in [4.78, 5) is 20.4. The van der Waals surface area contributed by atoms with E-state index in [1.807, 2.05) is 19.1 Å². The Balaban J connectivity index is 1.26. The van der Waals surface area contributed by atoms with Gasteiger partial charge in [0.2, 0.25) is 0 Å². The zero-order valence-electron chi connectivity index (χ0n) is 17.4. The van der Waals surface area contributed by atoms with E-state index in [0.29, 0.717) is 0 Å². The van der Waals surface area contributed by atoms with E-state index in [1.165, 1.54) is 21.2 Å². The number of pyridine rings is 1. The van der Waals surface area contributed by atoms with E-state index in [2.05, 4.69) is 42.5 Å². The SMILES string of the molecule is Cc1cccn2c(=O)cc(C[NH+]3CC[NH+](Cc4cccc5ccccc45)CC3)nc12. The van der Waals surface area contributed by atoms with E-state index in [-0.39, 0.29) is 5.56 Å². The molecule has 1 fully saturated rings. The van der Waals surface area contributed by atoms with Crippen LogP contribution in [0.4, 0.5) is 0 Å². The van der Waals surface area contributed by atoms with Crippen LogP contribution in [0.3, 0.4) is 0 Å². The molecule has 30 heavy (non-hydrogen) atoms. The molecule has 0 atom stereocenters. The van der Waals surface area contributed by atoms with Gasteiger partial charge in [0, 0.05) is 17.8 Å². The number of nitrogens with one attached hydrogen (secondary N) is 2. The van der Waals surface area contributed by atoms with Crippen LogP contribution in [0.25, 0.3) is 16.4 Å². The maximum atomic E-state index is 12.5. The van der Waals surface area contributed by atoms with E-state index in [9.17, 15) is 4.79 Å². The van der Waals surface area contributed by atoms with Crippen LogP contribution in [-0.2, 0) is 13.1 Å². The first-order chi connectivity index (χ1) is 14.7. The summed E-state index contributed by atoms with van der Waals surface area (Å²) >= 11 is 0. The summed E-state index contributed by atoms with van der Waals surface area (Å²) < 4.78 is 1.64. The number of hydrogen-bond acceptors (Lipinski definition) is 2. The van der Waals surface area contributed by atoms with Gasteiger partial charge in [-0.25, -0.2) is 4.98 Å². The van der Waals surface area contributed by atoms with Crippen LogP contribution < -0.4 is 15.4 Å². The Labute approximate surface area is 176 Å². The number of rotatable bonds is 4. The smallest absolute Gasteiger partial charge is 0.258 e. The largest absolute Gasteiger partial charge is 0.322 e. The monoisotopic (exact) mass is 400 g/mol. The predicted molar refractivity (Wildman–Crippen MR) is 119 cm³/mol. The third kappa shape index (κ3) is 3.74. The van der Waals surface area contributed by atoms with Gasteiger partial charge in [-0.3, -0.25) is 9.20 Å². The molecule has 2 aromatic heterocycles. The number of aryl methyl sites for hydroxylation is 1. The Kier molecular flexibility index (Phi) is 5.07. The van der Waals surface area contributed by atoms with Gasteiger partial charge in [-0.05, 0) is 29.3 Å². The van der Waals surface area contributed by atoms with Crippen molar-refractivity contribution in [2.45, 2.75) is 20.0 Å². The van der Waals surface area contributed by atoms with Crippen molar-refractivity contribution in [1.82, 2.24) is 9.38 Å². The molecule has 0 spiro atoms. The first kappa shape index (κ1) is 19.0. The number of fused-ring (bicyclic) bond motifs is 2. The Bertz CT molecular complexity index is 1250. The maximum Gasteiger partial charge on any atom is 0.258 e. The topological polar surface area (TPSA) is 43.2 Å². The van der Waals surface area contributed by atoms with Crippen LogP contribution in [-0.4, -0.2) is 35.6 Å². The molecule has 1 aliphatic rings. The Morgan fingerprint density at radius 1 is 0.900 bits per heavy atom. The number of quaternary nitrogens is 2. The standard InChI is InChI=1S/C25H26N4O/c1-19-6-5-11-29-24(30)16-22(26-25(19)29)18-28-14-12-27(13-15-28)17-21-9-4-8-20-7-2-3-10-23(20)21/h2-11,16H,12-15,17-18H2,1H3/p+2. The zero-order chi connectivity index (χ0) is 20.5. The molecule has 0 radical (unpaired) electrons. The molecule has 152 valence electrons. The van der Waals surface area contributed by atoms with Crippen LogP contribution in [0, 0.1) is 6.92 Å². The van der Waals surface area contributed by atoms with E-state index in [1.54, 1.807) is 21.6 Å². The van der Waals surface area contributed by atoms with Crippen molar-refractivity contribution in [2.75, 3.05) is 26.2 Å². The summed E-state index contributed by atoms with van der Waals surface area (Å²) in [6.45, 7) is 8.40. The highest BCUT2D eigenvalue weighted by Crippen LogP contribution is 2.17. The van der Waals surface area contributed by atoms with Crippen molar-refractivity contribution in [1.29, 1.82) is 0 Å². The van der Waals surface area contributed by atoms with Crippen LogP contribution in [0.5, 0.6) is 0 Å². The summed E-state index contributed by atoms with van der Waals surface area (Å²) in [6, 6.07) is 20.9. The number of aromatic nitrogens is 2. The average Bonchev–Trinajstić information content (AvgIpc) is 2.76. The van der Waals surface area contributed by atoms with E-state index in [0.717, 1.165) is 56.2 Å². The van der Waals surface area contributed by atoms with Gasteiger partial charge in [-0.1, -0.05) is 48.5 Å². The molecular weight excluding hydrogens is 372 g/mol. The van der Waals surface area contributed by atoms with E-state index in [4.69, 9.17) is 4.98 Å². The fourth-order valence-corrected chi connectivity index (χ4v) is 4.68. The molecule has 2 N–H and O–H groups in total. The molecule has 5 rings (SSSR count). The zero-order valence-corrected chi connectivity index (χ0v) is 17.4. The number of piperazine rings is 1. The highest BCUT2D eigenvalue weighted by molar-refractivity contribution is 5.85. The summed E-state index contributed by atoms with van der Waals surface area (Å²) in [6.07, 6.45) is 1.80. The lowest BCUT2D eigenvalue weighted by atomic mass is 10.0. The molecule has 4 aromatic rings. The van der Waals surface area contributed by atoms with Crippen LogP contribution in [0.2, 0.25) is 0 Å². The van der Waals surface area contributed by atoms with Crippen LogP contribution in [0.15, 0.2) is 71.7 Å². The molecule has 1 saturated heterocycles. The van der Waals surface area contributed by atoms with E-state index >= 15 is 0 Å². The summed E-state index contributed by atoms with van der Waals surface area (Å²) in [7, 11) is 0. The number of benzene rings is 2. The normalized spacial score (nSPS) is 19.4. The van der Waals surface area contributed by atoms with Gasteiger partial charge in [0.1, 0.15) is 50.6 Å². The highest BCUT2D eigenvalue weighted by atomic mass is 16.1. The molecule has 0 amide bonds. The van der Waals surface area contributed by atoms with Gasteiger partial charge in [0.15, 0.2) is 0 Å². The quantitative estimate of drug-likeness (QED) is 0.528. The lowest BCUT2D eigenvalue weighted by Crippen LogP contribution is -3.27. The van der Waals surface area contributed by atoms with Crippen molar-refractivity contribution in [2.24, 2.45) is 0 Å². The van der Waals surface area contributed by atoms with Gasteiger partial charge in [0.25, 0.3) is 5.56 Å². The van der Waals surface area contributed by atoms with E-state index < -0.39 is 0 Å². The van der Waals surface area contributed by atoms with Gasteiger partial charge in [-0.15, -0.1) is 0 Å². The van der Waals surface area contributed by atoms with Gasteiger partial charge < -0.3 is 9.80 Å². The van der Waals surface area contributed by atoms with Gasteiger partial charge in [0.05, 0.1) is 0 Å². The molecule has 1 aliphatic heterocycles. The summed E-state index contributed by atoms with van der Waals surface area (Å²) in [5.74, 6) is 0. The second-order valence-electron chi connectivity index (χ2n) is 8.46. The fourth-order valence-electron chi connectivity index (χ4n) is 4.68. The molecular formula is C25H28N4O+2. The number of nitrogens with zero attached hydrogens (tertiary/aromatic N) is 2. The molecule has 0 saturated carbocycles. The lowest BCUT2D eigenvalue weighted by Gasteiger charge is -2.29. The minimum Gasteiger partial charge on any atom is -0.322 e. The third-order valence-corrected chi connectivity index (χ3v) is 6.36. The Morgan fingerprint density at radius 2 is 1.63 bits per heavy atom. The molecule has 5 nitrogen and oxygen atoms in total. The van der Waals surface area contributed by atoms with Gasteiger partial charge >= 0.3 is 0 Å². The Hall–Kier alpha value is -3.02. The molecule has 0 aliphatic carbocycles. The van der Waals surface area contributed by atoms with Crippen molar-refractivity contribution in [3.63, 3.8) is 0 Å². The highest BCUT2D eigenvalue weighted by Gasteiger charge is 2.24. The molecule has 5 heteroatoms. The lowest BCUT2D eigenvalue weighted by molar-refractivity contribution is -1.02. The second-order valence-corrected chi connectivity index (χ2v) is 8.46. The third-order valence-electron chi connectivity index (χ3n) is 6.36. The van der Waals surface area contributed by atoms with Crippen LogP contribution >= 0.6 is 0 Å². The number of hydrogen-bond donors (Lipinski definition) is 2. The minimum absolute atomic E-state index is 0.0123. The van der Waals surface area contributed by atoms with Gasteiger partial charge in [-0.2, -0.15) is 0 Å². The predicted octanol–water partition coefficient (Wildman–Crippen LogP) is 0.640. The molecule has 2 aromatic carbocycles. The second kappa shape index (κ2) is 8.01. The van der Waals surface area contributed by atoms with Crippen LogP contribution in [0.1, 0.15) is 16.8 Å². The average molecular weight is 401 g/mol. The minimum atomic E-state index is 0.0123. The Morgan fingerprint density at radius 3 is 2.47 bits per heavy atom. The summed E-state index contributed by atoms with van der Waals surface area (Å²) in [5.41, 5.74) is 4.17. The van der Waals surface area contributed by atoms with Crippen molar-refractivity contribution in [3.8, 4) is 0 Å². The first-order valence-electron chi connectivity index (χ1n) is 10.8. The molecule has 0 unspecified atom stereocenters.